The van der Waals surface area contributed by atoms with Crippen molar-refractivity contribution in [2.24, 2.45) is 0 Å². The summed E-state index contributed by atoms with van der Waals surface area (Å²) < 4.78 is -1.55. The summed E-state index contributed by atoms with van der Waals surface area (Å²) in [5.41, 5.74) is -0.0675. The monoisotopic (exact) mass is 220 g/mol. The molecule has 0 amide bonds. The minimum absolute atomic E-state index is 0.0303. The van der Waals surface area contributed by atoms with Crippen molar-refractivity contribution in [3.05, 3.63) is 28.2 Å². The molecule has 70 valence electrons. The number of hydrogen-bond donors (Lipinski definition) is 1. The molecule has 1 rings (SSSR count). The van der Waals surface area contributed by atoms with E-state index in [-0.39, 0.29) is 6.42 Å². The van der Waals surface area contributed by atoms with Gasteiger partial charge in [-0.05, 0) is 6.07 Å². The summed E-state index contributed by atoms with van der Waals surface area (Å²) in [5, 5.41) is 5.70. The molecular formula is C7H6Cl2N2O2. The first-order chi connectivity index (χ1) is 6.05. The van der Waals surface area contributed by atoms with Gasteiger partial charge in [0.25, 0.3) is 5.56 Å². The molecule has 4 nitrogen and oxygen atoms in total. The fraction of sp³-hybridized carbons (Fsp3) is 0.286. The SMILES string of the molecule is O=CC(Cl)(Cl)Cc1ccn[nH]c1=O. The van der Waals surface area contributed by atoms with Crippen LogP contribution in [0.3, 0.4) is 0 Å². The number of H-pyrrole nitrogens is 1. The summed E-state index contributed by atoms with van der Waals surface area (Å²) in [5.74, 6) is 0. The number of aromatic amines is 1. The fourth-order valence-electron chi connectivity index (χ4n) is 0.805. The van der Waals surface area contributed by atoms with E-state index in [1.807, 2.05) is 0 Å². The third-order valence-corrected chi connectivity index (χ3v) is 1.85. The molecule has 0 aliphatic rings. The van der Waals surface area contributed by atoms with Gasteiger partial charge in [0, 0.05) is 18.2 Å². The van der Waals surface area contributed by atoms with Crippen molar-refractivity contribution < 1.29 is 4.79 Å². The smallest absolute Gasteiger partial charge is 0.267 e. The van der Waals surface area contributed by atoms with Crippen LogP contribution in [0, 0.1) is 0 Å². The van der Waals surface area contributed by atoms with Gasteiger partial charge in [-0.3, -0.25) is 9.59 Å². The molecule has 0 radical (unpaired) electrons. The number of alkyl halides is 2. The first-order valence-electron chi connectivity index (χ1n) is 3.42. The molecule has 0 aliphatic heterocycles. The Morgan fingerprint density at radius 1 is 1.62 bits per heavy atom. The Kier molecular flexibility index (Phi) is 3.06. The Morgan fingerprint density at radius 2 is 2.31 bits per heavy atom. The van der Waals surface area contributed by atoms with Crippen LogP contribution in [0.25, 0.3) is 0 Å². The quantitative estimate of drug-likeness (QED) is 0.603. The van der Waals surface area contributed by atoms with Gasteiger partial charge in [-0.25, -0.2) is 5.10 Å². The summed E-state index contributed by atoms with van der Waals surface area (Å²) >= 11 is 11.1. The number of hydrogen-bond acceptors (Lipinski definition) is 3. The first kappa shape index (κ1) is 10.2. The van der Waals surface area contributed by atoms with Gasteiger partial charge in [-0.2, -0.15) is 5.10 Å². The second-order valence-corrected chi connectivity index (χ2v) is 4.01. The zero-order valence-electron chi connectivity index (χ0n) is 6.46. The number of halogens is 2. The maximum atomic E-state index is 11.1. The van der Waals surface area contributed by atoms with Gasteiger partial charge >= 0.3 is 0 Å². The molecular weight excluding hydrogens is 215 g/mol. The molecule has 0 bridgehead atoms. The van der Waals surface area contributed by atoms with E-state index in [2.05, 4.69) is 10.2 Å². The number of nitrogens with one attached hydrogen (secondary N) is 1. The third-order valence-electron chi connectivity index (χ3n) is 1.41. The van der Waals surface area contributed by atoms with Crippen LogP contribution in [0.4, 0.5) is 0 Å². The van der Waals surface area contributed by atoms with Crippen LogP contribution in [0.15, 0.2) is 17.1 Å². The highest BCUT2D eigenvalue weighted by Gasteiger charge is 2.24. The van der Waals surface area contributed by atoms with Gasteiger partial charge in [-0.1, -0.05) is 23.2 Å². The Hall–Kier alpha value is -0.870. The van der Waals surface area contributed by atoms with E-state index in [4.69, 9.17) is 23.2 Å². The van der Waals surface area contributed by atoms with E-state index in [0.29, 0.717) is 11.8 Å². The van der Waals surface area contributed by atoms with Gasteiger partial charge in [0.15, 0.2) is 10.6 Å². The van der Waals surface area contributed by atoms with Crippen LogP contribution in [-0.2, 0) is 11.2 Å². The number of aldehydes is 1. The zero-order valence-corrected chi connectivity index (χ0v) is 7.97. The topological polar surface area (TPSA) is 62.8 Å². The highest BCUT2D eigenvalue weighted by Crippen LogP contribution is 2.21. The first-order valence-corrected chi connectivity index (χ1v) is 4.17. The number of nitrogens with zero attached hydrogens (tertiary/aromatic N) is 1. The lowest BCUT2D eigenvalue weighted by Crippen LogP contribution is -2.24. The summed E-state index contributed by atoms with van der Waals surface area (Å²) in [6.07, 6.45) is 1.75. The lowest BCUT2D eigenvalue weighted by atomic mass is 10.2. The second kappa shape index (κ2) is 3.89. The molecule has 0 atom stereocenters. The van der Waals surface area contributed by atoms with E-state index in [1.165, 1.54) is 12.3 Å². The highest BCUT2D eigenvalue weighted by atomic mass is 35.5. The summed E-state index contributed by atoms with van der Waals surface area (Å²) in [6.45, 7) is 0. The summed E-state index contributed by atoms with van der Waals surface area (Å²) in [7, 11) is 0. The number of carbonyl (C=O) groups excluding carboxylic acids is 1. The molecule has 1 heterocycles. The second-order valence-electron chi connectivity index (χ2n) is 2.47. The Bertz CT molecular complexity index is 362. The van der Waals surface area contributed by atoms with Crippen molar-refractivity contribution in [3.8, 4) is 0 Å². The zero-order chi connectivity index (χ0) is 9.90. The largest absolute Gasteiger partial charge is 0.300 e. The van der Waals surface area contributed by atoms with Crippen LogP contribution in [0.2, 0.25) is 0 Å². The lowest BCUT2D eigenvalue weighted by Gasteiger charge is -2.09. The van der Waals surface area contributed by atoms with E-state index in [1.54, 1.807) is 0 Å². The van der Waals surface area contributed by atoms with Crippen LogP contribution < -0.4 is 5.56 Å². The Labute approximate surface area is 83.9 Å². The minimum atomic E-state index is -1.55. The molecule has 0 aliphatic carbocycles. The molecule has 1 N–H and O–H groups in total. The van der Waals surface area contributed by atoms with E-state index in [0.717, 1.165) is 0 Å². The number of carbonyl (C=O) groups is 1. The van der Waals surface area contributed by atoms with Crippen LogP contribution in [0.1, 0.15) is 5.56 Å². The third kappa shape index (κ3) is 2.82. The molecule has 0 unspecified atom stereocenters. The Balaban J connectivity index is 2.93. The van der Waals surface area contributed by atoms with Crippen molar-refractivity contribution in [2.75, 3.05) is 0 Å². The predicted molar refractivity (Wildman–Crippen MR) is 49.1 cm³/mol. The van der Waals surface area contributed by atoms with Crippen LogP contribution in [0.5, 0.6) is 0 Å². The molecule has 0 spiro atoms. The van der Waals surface area contributed by atoms with E-state index in [9.17, 15) is 9.59 Å². The van der Waals surface area contributed by atoms with E-state index >= 15 is 0 Å². The molecule has 0 aromatic carbocycles. The van der Waals surface area contributed by atoms with Gasteiger partial charge in [0.1, 0.15) is 0 Å². The number of rotatable bonds is 3. The summed E-state index contributed by atoms with van der Waals surface area (Å²) in [4.78, 5) is 21.4. The van der Waals surface area contributed by atoms with Crippen molar-refractivity contribution in [3.63, 3.8) is 0 Å². The van der Waals surface area contributed by atoms with Gasteiger partial charge in [0.05, 0.1) is 0 Å². The maximum absolute atomic E-state index is 11.1. The molecule has 1 aromatic heterocycles. The van der Waals surface area contributed by atoms with Crippen LogP contribution in [-0.4, -0.2) is 20.8 Å². The predicted octanol–water partition coefficient (Wildman–Crippen LogP) is 0.685. The van der Waals surface area contributed by atoms with Crippen LogP contribution >= 0.6 is 23.2 Å². The molecule has 13 heavy (non-hydrogen) atoms. The standard InChI is InChI=1S/C7H6Cl2N2O2/c8-7(9,4-12)3-5-1-2-10-11-6(5)13/h1-2,4H,3H2,(H,11,13). The lowest BCUT2D eigenvalue weighted by molar-refractivity contribution is -0.108. The van der Waals surface area contributed by atoms with Crippen molar-refractivity contribution in [2.45, 2.75) is 10.8 Å². The molecule has 0 saturated heterocycles. The molecule has 6 heteroatoms. The average Bonchev–Trinajstić information content (AvgIpc) is 2.09. The van der Waals surface area contributed by atoms with Gasteiger partial charge in [0.2, 0.25) is 0 Å². The average molecular weight is 221 g/mol. The maximum Gasteiger partial charge on any atom is 0.267 e. The van der Waals surface area contributed by atoms with Gasteiger partial charge in [-0.15, -0.1) is 0 Å². The fourth-order valence-corrected chi connectivity index (χ4v) is 1.09. The highest BCUT2D eigenvalue weighted by molar-refractivity contribution is 6.55. The van der Waals surface area contributed by atoms with E-state index < -0.39 is 9.89 Å². The molecule has 0 fully saturated rings. The van der Waals surface area contributed by atoms with Crippen molar-refractivity contribution in [1.82, 2.24) is 10.2 Å². The van der Waals surface area contributed by atoms with Crippen molar-refractivity contribution >= 4 is 29.5 Å². The normalized spacial score (nSPS) is 11.2. The van der Waals surface area contributed by atoms with Gasteiger partial charge < -0.3 is 0 Å². The molecule has 0 saturated carbocycles. The number of aromatic nitrogens is 2. The molecule has 1 aromatic rings. The minimum Gasteiger partial charge on any atom is -0.300 e. The summed E-state index contributed by atoms with van der Waals surface area (Å²) in [6, 6.07) is 1.46. The van der Waals surface area contributed by atoms with Crippen molar-refractivity contribution in [1.29, 1.82) is 0 Å². The Morgan fingerprint density at radius 3 is 2.85 bits per heavy atom.